The van der Waals surface area contributed by atoms with E-state index in [1.165, 1.54) is 19.3 Å². The number of aliphatic carboxylic acids is 1. The van der Waals surface area contributed by atoms with Gasteiger partial charge in [0, 0.05) is 25.4 Å². The molecule has 0 radical (unpaired) electrons. The largest absolute Gasteiger partial charge is 0.481 e. The maximum absolute atomic E-state index is 12.2. The number of nitrogens with zero attached hydrogens (tertiary/aromatic N) is 1. The number of amides is 1. The van der Waals surface area contributed by atoms with Gasteiger partial charge in [0.2, 0.25) is 5.91 Å². The summed E-state index contributed by atoms with van der Waals surface area (Å²) in [5, 5.41) is 19.1. The zero-order chi connectivity index (χ0) is 18.1. The molecule has 1 aliphatic heterocycles. The van der Waals surface area contributed by atoms with Gasteiger partial charge in [-0.2, -0.15) is 0 Å². The van der Waals surface area contributed by atoms with Gasteiger partial charge in [0.15, 0.2) is 0 Å². The molecule has 2 aliphatic rings. The van der Waals surface area contributed by atoms with Crippen LogP contribution in [0.4, 0.5) is 0 Å². The molecule has 0 spiro atoms. The third kappa shape index (κ3) is 6.96. The maximum Gasteiger partial charge on any atom is 0.303 e. The molecule has 0 aromatic rings. The van der Waals surface area contributed by atoms with E-state index in [1.54, 1.807) is 0 Å². The third-order valence-corrected chi connectivity index (χ3v) is 5.99. The van der Waals surface area contributed by atoms with Crippen LogP contribution in [0.25, 0.3) is 0 Å². The van der Waals surface area contributed by atoms with Crippen molar-refractivity contribution in [2.45, 2.75) is 102 Å². The summed E-state index contributed by atoms with van der Waals surface area (Å²) in [5.41, 5.74) is 0. The highest BCUT2D eigenvalue weighted by atomic mass is 16.4. The van der Waals surface area contributed by atoms with Gasteiger partial charge in [-0.15, -0.1) is 0 Å². The van der Waals surface area contributed by atoms with Gasteiger partial charge in [-0.25, -0.2) is 0 Å². The first-order valence-electron chi connectivity index (χ1n) is 10.3. The molecule has 2 atom stereocenters. The minimum absolute atomic E-state index is 0.242. The normalized spacial score (nSPS) is 23.2. The summed E-state index contributed by atoms with van der Waals surface area (Å²) < 4.78 is 0. The number of carboxylic acid groups (broad SMARTS) is 1. The molecular formula is C20H35NO4. The van der Waals surface area contributed by atoms with Crippen molar-refractivity contribution < 1.29 is 19.8 Å². The second-order valence-corrected chi connectivity index (χ2v) is 7.88. The molecule has 0 bridgehead atoms. The Hall–Kier alpha value is -1.10. The zero-order valence-electron chi connectivity index (χ0n) is 15.5. The summed E-state index contributed by atoms with van der Waals surface area (Å²) in [7, 11) is 0. The fourth-order valence-corrected chi connectivity index (χ4v) is 4.44. The van der Waals surface area contributed by atoms with E-state index in [1.807, 2.05) is 4.90 Å². The highest BCUT2D eigenvalue weighted by Gasteiger charge is 2.31. The smallest absolute Gasteiger partial charge is 0.303 e. The van der Waals surface area contributed by atoms with Crippen LogP contribution >= 0.6 is 0 Å². The van der Waals surface area contributed by atoms with Gasteiger partial charge in [0.1, 0.15) is 0 Å². The molecule has 2 unspecified atom stereocenters. The molecule has 1 saturated heterocycles. The van der Waals surface area contributed by atoms with E-state index >= 15 is 0 Å². The van der Waals surface area contributed by atoms with Crippen molar-refractivity contribution in [3.05, 3.63) is 0 Å². The molecule has 1 amide bonds. The Morgan fingerprint density at radius 2 is 1.80 bits per heavy atom. The molecule has 0 aromatic carbocycles. The minimum atomic E-state index is -0.718. The standard InChI is InChI=1S/C20H35NO4/c22-18(16-8-4-3-5-9-16)14-15-21-17(12-13-19(21)23)10-6-1-2-7-11-20(24)25/h16-18,22H,1-15H2,(H,24,25). The second-order valence-electron chi connectivity index (χ2n) is 7.88. The van der Waals surface area contributed by atoms with Gasteiger partial charge in [0.25, 0.3) is 0 Å². The molecule has 1 heterocycles. The van der Waals surface area contributed by atoms with E-state index < -0.39 is 5.97 Å². The number of hydrogen-bond donors (Lipinski definition) is 2. The van der Waals surface area contributed by atoms with Crippen molar-refractivity contribution in [3.63, 3.8) is 0 Å². The number of hydrogen-bond acceptors (Lipinski definition) is 3. The molecule has 0 aromatic heterocycles. The van der Waals surface area contributed by atoms with Crippen molar-refractivity contribution in [2.75, 3.05) is 6.54 Å². The first-order chi connectivity index (χ1) is 12.1. The average molecular weight is 354 g/mol. The first-order valence-corrected chi connectivity index (χ1v) is 10.3. The number of unbranched alkanes of at least 4 members (excludes halogenated alkanes) is 3. The Labute approximate surface area is 151 Å². The topological polar surface area (TPSA) is 77.8 Å². The van der Waals surface area contributed by atoms with Crippen LogP contribution in [0.15, 0.2) is 0 Å². The third-order valence-electron chi connectivity index (χ3n) is 5.99. The molecular weight excluding hydrogens is 318 g/mol. The predicted octanol–water partition coefficient (Wildman–Crippen LogP) is 3.73. The van der Waals surface area contributed by atoms with Crippen molar-refractivity contribution in [1.82, 2.24) is 4.90 Å². The summed E-state index contributed by atoms with van der Waals surface area (Å²) in [6.45, 7) is 0.695. The van der Waals surface area contributed by atoms with E-state index in [2.05, 4.69) is 0 Å². The number of aliphatic hydroxyl groups excluding tert-OH is 1. The summed E-state index contributed by atoms with van der Waals surface area (Å²) in [6, 6.07) is 0.325. The Kier molecular flexibility index (Phi) is 8.73. The highest BCUT2D eigenvalue weighted by Crippen LogP contribution is 2.29. The second kappa shape index (κ2) is 10.8. The Bertz CT molecular complexity index is 420. The lowest BCUT2D eigenvalue weighted by Gasteiger charge is -2.30. The quantitative estimate of drug-likeness (QED) is 0.555. The number of carboxylic acids is 1. The maximum atomic E-state index is 12.2. The number of carbonyl (C=O) groups excluding carboxylic acids is 1. The van der Waals surface area contributed by atoms with E-state index in [0.29, 0.717) is 31.3 Å². The van der Waals surface area contributed by atoms with Gasteiger partial charge in [-0.05, 0) is 44.4 Å². The average Bonchev–Trinajstić information content (AvgIpc) is 2.96. The monoisotopic (exact) mass is 353 g/mol. The van der Waals surface area contributed by atoms with E-state index in [9.17, 15) is 14.7 Å². The lowest BCUT2D eigenvalue weighted by molar-refractivity contribution is -0.137. The predicted molar refractivity (Wildman–Crippen MR) is 97.3 cm³/mol. The SMILES string of the molecule is O=C(O)CCCCCCC1CCC(=O)N1CCC(O)C1CCCCC1. The lowest BCUT2D eigenvalue weighted by Crippen LogP contribution is -2.36. The van der Waals surface area contributed by atoms with E-state index in [-0.39, 0.29) is 18.4 Å². The molecule has 144 valence electrons. The van der Waals surface area contributed by atoms with Crippen molar-refractivity contribution in [1.29, 1.82) is 0 Å². The van der Waals surface area contributed by atoms with E-state index in [4.69, 9.17) is 5.11 Å². The molecule has 25 heavy (non-hydrogen) atoms. The summed E-state index contributed by atoms with van der Waals surface area (Å²) in [5.74, 6) is -0.0463. The molecule has 1 saturated carbocycles. The van der Waals surface area contributed by atoms with Crippen molar-refractivity contribution in [3.8, 4) is 0 Å². The van der Waals surface area contributed by atoms with Gasteiger partial charge < -0.3 is 15.1 Å². The molecule has 5 heteroatoms. The summed E-state index contributed by atoms with van der Waals surface area (Å²) >= 11 is 0. The van der Waals surface area contributed by atoms with E-state index in [0.717, 1.165) is 51.4 Å². The van der Waals surface area contributed by atoms with Gasteiger partial charge in [-0.1, -0.05) is 38.5 Å². The molecule has 2 N–H and O–H groups in total. The van der Waals surface area contributed by atoms with Crippen LogP contribution in [-0.2, 0) is 9.59 Å². The molecule has 2 rings (SSSR count). The van der Waals surface area contributed by atoms with Gasteiger partial charge in [0.05, 0.1) is 6.10 Å². The molecule has 5 nitrogen and oxygen atoms in total. The van der Waals surface area contributed by atoms with Crippen LogP contribution in [-0.4, -0.2) is 45.7 Å². The van der Waals surface area contributed by atoms with Crippen LogP contribution in [0.1, 0.15) is 89.9 Å². The van der Waals surface area contributed by atoms with Crippen LogP contribution in [0.3, 0.4) is 0 Å². The highest BCUT2D eigenvalue weighted by molar-refractivity contribution is 5.78. The number of likely N-dealkylation sites (tertiary alicyclic amines) is 1. The van der Waals surface area contributed by atoms with Crippen molar-refractivity contribution in [2.24, 2.45) is 5.92 Å². The summed E-state index contributed by atoms with van der Waals surface area (Å²) in [4.78, 5) is 24.7. The molecule has 2 fully saturated rings. The zero-order valence-corrected chi connectivity index (χ0v) is 15.5. The number of aliphatic hydroxyl groups is 1. The van der Waals surface area contributed by atoms with Crippen LogP contribution in [0.5, 0.6) is 0 Å². The van der Waals surface area contributed by atoms with Crippen molar-refractivity contribution >= 4 is 11.9 Å². The Morgan fingerprint density at radius 1 is 1.08 bits per heavy atom. The minimum Gasteiger partial charge on any atom is -0.481 e. The van der Waals surface area contributed by atoms with Crippen LogP contribution in [0, 0.1) is 5.92 Å². The fourth-order valence-electron chi connectivity index (χ4n) is 4.44. The Balaban J connectivity index is 1.65. The Morgan fingerprint density at radius 3 is 2.52 bits per heavy atom. The fraction of sp³-hybridized carbons (Fsp3) is 0.900. The summed E-state index contributed by atoms with van der Waals surface area (Å²) in [6.07, 6.45) is 13.1. The molecule has 1 aliphatic carbocycles. The van der Waals surface area contributed by atoms with Gasteiger partial charge >= 0.3 is 5.97 Å². The number of rotatable bonds is 11. The number of carbonyl (C=O) groups is 2. The first kappa shape index (κ1) is 20.2. The lowest BCUT2D eigenvalue weighted by atomic mass is 9.84. The van der Waals surface area contributed by atoms with Crippen LogP contribution < -0.4 is 0 Å². The van der Waals surface area contributed by atoms with Crippen LogP contribution in [0.2, 0.25) is 0 Å². The van der Waals surface area contributed by atoms with Gasteiger partial charge in [-0.3, -0.25) is 9.59 Å².